The molecule has 0 radical (unpaired) electrons. The monoisotopic (exact) mass is 296 g/mol. The van der Waals surface area contributed by atoms with Crippen LogP contribution in [0, 0.1) is 13.8 Å². The molecule has 0 aliphatic carbocycles. The number of anilines is 2. The second-order valence-electron chi connectivity index (χ2n) is 5.64. The van der Waals surface area contributed by atoms with Crippen LogP contribution in [0.25, 0.3) is 0 Å². The molecule has 1 saturated heterocycles. The van der Waals surface area contributed by atoms with E-state index in [1.807, 2.05) is 32.0 Å². The third-order valence-electron chi connectivity index (χ3n) is 3.91. The van der Waals surface area contributed by atoms with Crippen LogP contribution in [0.5, 0.6) is 0 Å². The van der Waals surface area contributed by atoms with Gasteiger partial charge in [0, 0.05) is 18.8 Å². The summed E-state index contributed by atoms with van der Waals surface area (Å²) in [5, 5.41) is 2.88. The molecule has 3 heterocycles. The Labute approximate surface area is 130 Å². The SMILES string of the molecule is Cc1ccc(C(=O)Nc2ccc(N3CCCC3)nc2)c(C)n1. The van der Waals surface area contributed by atoms with Gasteiger partial charge >= 0.3 is 0 Å². The number of hydrogen-bond donors (Lipinski definition) is 1. The first-order chi connectivity index (χ1) is 10.6. The summed E-state index contributed by atoms with van der Waals surface area (Å²) in [6, 6.07) is 7.51. The van der Waals surface area contributed by atoms with Crippen molar-refractivity contribution >= 4 is 17.4 Å². The summed E-state index contributed by atoms with van der Waals surface area (Å²) in [4.78, 5) is 23.3. The number of nitrogens with one attached hydrogen (secondary N) is 1. The van der Waals surface area contributed by atoms with Gasteiger partial charge in [0.1, 0.15) is 5.82 Å². The van der Waals surface area contributed by atoms with E-state index in [2.05, 4.69) is 20.2 Å². The molecule has 1 fully saturated rings. The molecular weight excluding hydrogens is 276 g/mol. The van der Waals surface area contributed by atoms with Crippen LogP contribution in [0.3, 0.4) is 0 Å². The molecule has 1 aliphatic heterocycles. The molecule has 114 valence electrons. The number of nitrogens with zero attached hydrogens (tertiary/aromatic N) is 3. The lowest BCUT2D eigenvalue weighted by atomic mass is 10.1. The maximum Gasteiger partial charge on any atom is 0.257 e. The summed E-state index contributed by atoms with van der Waals surface area (Å²) >= 11 is 0. The summed E-state index contributed by atoms with van der Waals surface area (Å²) < 4.78 is 0. The molecule has 3 rings (SSSR count). The molecule has 2 aromatic rings. The zero-order chi connectivity index (χ0) is 15.5. The number of carbonyl (C=O) groups excluding carboxylic acids is 1. The van der Waals surface area contributed by atoms with Gasteiger partial charge in [-0.05, 0) is 51.0 Å². The molecule has 2 aromatic heterocycles. The van der Waals surface area contributed by atoms with Crippen LogP contribution < -0.4 is 10.2 Å². The first-order valence-electron chi connectivity index (χ1n) is 7.60. The molecule has 0 bridgehead atoms. The zero-order valence-electron chi connectivity index (χ0n) is 13.0. The van der Waals surface area contributed by atoms with E-state index < -0.39 is 0 Å². The number of aryl methyl sites for hydroxylation is 2. The largest absolute Gasteiger partial charge is 0.357 e. The third kappa shape index (κ3) is 3.08. The molecule has 22 heavy (non-hydrogen) atoms. The number of carbonyl (C=O) groups is 1. The maximum atomic E-state index is 12.3. The quantitative estimate of drug-likeness (QED) is 0.946. The predicted octanol–water partition coefficient (Wildman–Crippen LogP) is 2.95. The normalized spacial score (nSPS) is 14.2. The standard InChI is InChI=1S/C17H20N4O/c1-12-5-7-15(13(2)19-12)17(22)20-14-6-8-16(18-11-14)21-9-3-4-10-21/h5-8,11H,3-4,9-10H2,1-2H3,(H,20,22). The molecule has 0 unspecified atom stereocenters. The Bertz CT molecular complexity index is 676. The predicted molar refractivity (Wildman–Crippen MR) is 87.3 cm³/mol. The fraction of sp³-hybridized carbons (Fsp3) is 0.353. The molecule has 0 aromatic carbocycles. The topological polar surface area (TPSA) is 58.1 Å². The van der Waals surface area contributed by atoms with Gasteiger partial charge < -0.3 is 10.2 Å². The van der Waals surface area contributed by atoms with Crippen LogP contribution in [0.15, 0.2) is 30.5 Å². The number of amides is 1. The maximum absolute atomic E-state index is 12.3. The minimum Gasteiger partial charge on any atom is -0.357 e. The lowest BCUT2D eigenvalue weighted by Crippen LogP contribution is -2.19. The molecule has 0 atom stereocenters. The molecule has 0 spiro atoms. The number of pyridine rings is 2. The van der Waals surface area contributed by atoms with E-state index in [4.69, 9.17) is 0 Å². The second-order valence-corrected chi connectivity index (χ2v) is 5.64. The van der Waals surface area contributed by atoms with Crippen LogP contribution in [0.4, 0.5) is 11.5 Å². The summed E-state index contributed by atoms with van der Waals surface area (Å²) in [6.45, 7) is 5.88. The first kappa shape index (κ1) is 14.5. The van der Waals surface area contributed by atoms with Crippen molar-refractivity contribution in [3.05, 3.63) is 47.4 Å². The van der Waals surface area contributed by atoms with Gasteiger partial charge in [-0.15, -0.1) is 0 Å². The highest BCUT2D eigenvalue weighted by atomic mass is 16.1. The average Bonchev–Trinajstić information content (AvgIpc) is 3.02. The Morgan fingerprint density at radius 1 is 1.14 bits per heavy atom. The highest BCUT2D eigenvalue weighted by Crippen LogP contribution is 2.19. The highest BCUT2D eigenvalue weighted by molar-refractivity contribution is 6.04. The molecule has 1 amide bonds. The summed E-state index contributed by atoms with van der Waals surface area (Å²) in [7, 11) is 0. The Morgan fingerprint density at radius 2 is 1.91 bits per heavy atom. The molecule has 1 aliphatic rings. The van der Waals surface area contributed by atoms with Crippen LogP contribution >= 0.6 is 0 Å². The fourth-order valence-electron chi connectivity index (χ4n) is 2.72. The Balaban J connectivity index is 1.71. The Hall–Kier alpha value is -2.43. The molecular formula is C17H20N4O. The molecule has 5 heteroatoms. The Kier molecular flexibility index (Phi) is 4.04. The zero-order valence-corrected chi connectivity index (χ0v) is 13.0. The summed E-state index contributed by atoms with van der Waals surface area (Å²) in [5.74, 6) is 0.824. The van der Waals surface area contributed by atoms with E-state index in [0.717, 1.165) is 30.3 Å². The van der Waals surface area contributed by atoms with E-state index in [-0.39, 0.29) is 5.91 Å². The van der Waals surface area contributed by atoms with Gasteiger partial charge in [0.2, 0.25) is 0 Å². The van der Waals surface area contributed by atoms with E-state index in [0.29, 0.717) is 11.3 Å². The minimum absolute atomic E-state index is 0.152. The number of aromatic nitrogens is 2. The average molecular weight is 296 g/mol. The molecule has 1 N–H and O–H groups in total. The Morgan fingerprint density at radius 3 is 2.55 bits per heavy atom. The van der Waals surface area contributed by atoms with Crippen LogP contribution in [0.1, 0.15) is 34.6 Å². The lowest BCUT2D eigenvalue weighted by molar-refractivity contribution is 0.102. The van der Waals surface area contributed by atoms with E-state index in [1.54, 1.807) is 12.3 Å². The van der Waals surface area contributed by atoms with Crippen LogP contribution in [0.2, 0.25) is 0 Å². The second kappa shape index (κ2) is 6.13. The molecule has 5 nitrogen and oxygen atoms in total. The van der Waals surface area contributed by atoms with Crippen molar-refractivity contribution in [2.45, 2.75) is 26.7 Å². The number of hydrogen-bond acceptors (Lipinski definition) is 4. The lowest BCUT2D eigenvalue weighted by Gasteiger charge is -2.16. The molecule has 0 saturated carbocycles. The van der Waals surface area contributed by atoms with Gasteiger partial charge in [0.15, 0.2) is 0 Å². The van der Waals surface area contributed by atoms with Gasteiger partial charge in [-0.3, -0.25) is 9.78 Å². The van der Waals surface area contributed by atoms with Crippen molar-refractivity contribution in [3.63, 3.8) is 0 Å². The van der Waals surface area contributed by atoms with Gasteiger partial charge in [-0.2, -0.15) is 0 Å². The third-order valence-corrected chi connectivity index (χ3v) is 3.91. The van der Waals surface area contributed by atoms with Gasteiger partial charge in [-0.1, -0.05) is 0 Å². The van der Waals surface area contributed by atoms with Crippen LogP contribution in [-0.4, -0.2) is 29.0 Å². The minimum atomic E-state index is -0.152. The van der Waals surface area contributed by atoms with Crippen molar-refractivity contribution in [2.24, 2.45) is 0 Å². The van der Waals surface area contributed by atoms with Crippen molar-refractivity contribution in [2.75, 3.05) is 23.3 Å². The van der Waals surface area contributed by atoms with Gasteiger partial charge in [0.05, 0.1) is 23.1 Å². The summed E-state index contributed by atoms with van der Waals surface area (Å²) in [5.41, 5.74) is 2.94. The van der Waals surface area contributed by atoms with Gasteiger partial charge in [-0.25, -0.2) is 4.98 Å². The van der Waals surface area contributed by atoms with Crippen molar-refractivity contribution < 1.29 is 4.79 Å². The van der Waals surface area contributed by atoms with E-state index >= 15 is 0 Å². The van der Waals surface area contributed by atoms with Crippen molar-refractivity contribution in [3.8, 4) is 0 Å². The van der Waals surface area contributed by atoms with E-state index in [9.17, 15) is 4.79 Å². The van der Waals surface area contributed by atoms with E-state index in [1.165, 1.54) is 12.8 Å². The van der Waals surface area contributed by atoms with Crippen LogP contribution in [-0.2, 0) is 0 Å². The van der Waals surface area contributed by atoms with Crippen molar-refractivity contribution in [1.82, 2.24) is 9.97 Å². The van der Waals surface area contributed by atoms with Crippen molar-refractivity contribution in [1.29, 1.82) is 0 Å². The summed E-state index contributed by atoms with van der Waals surface area (Å²) in [6.07, 6.45) is 4.16. The van der Waals surface area contributed by atoms with Gasteiger partial charge in [0.25, 0.3) is 5.91 Å². The first-order valence-corrected chi connectivity index (χ1v) is 7.60. The number of rotatable bonds is 3. The smallest absolute Gasteiger partial charge is 0.257 e. The highest BCUT2D eigenvalue weighted by Gasteiger charge is 2.14. The fourth-order valence-corrected chi connectivity index (χ4v) is 2.72.